The van der Waals surface area contributed by atoms with E-state index >= 15 is 0 Å². The van der Waals surface area contributed by atoms with E-state index in [1.54, 1.807) is 25.3 Å². The topological polar surface area (TPSA) is 34.0 Å². The molecule has 0 radical (unpaired) electrons. The molecule has 0 saturated heterocycles. The largest absolute Gasteiger partial charge is 0.468 e. The second-order valence-corrected chi connectivity index (χ2v) is 5.88. The first-order valence-corrected chi connectivity index (χ1v) is 7.53. The fourth-order valence-electron chi connectivity index (χ4n) is 1.60. The zero-order chi connectivity index (χ0) is 17.6. The van der Waals surface area contributed by atoms with Crippen LogP contribution in [-0.2, 0) is 0 Å². The summed E-state index contributed by atoms with van der Waals surface area (Å²) in [6.07, 6.45) is 2.52. The molecule has 0 aliphatic carbocycles. The van der Waals surface area contributed by atoms with Gasteiger partial charge in [-0.2, -0.15) is 8.78 Å². The third-order valence-corrected chi connectivity index (χ3v) is 3.19. The zero-order valence-corrected chi connectivity index (χ0v) is 14.4. The highest BCUT2D eigenvalue weighted by Crippen LogP contribution is 2.26. The molecule has 2 atom stereocenters. The highest BCUT2D eigenvalue weighted by molar-refractivity contribution is 6.22. The van der Waals surface area contributed by atoms with Crippen molar-refractivity contribution in [3.63, 3.8) is 0 Å². The van der Waals surface area contributed by atoms with Crippen LogP contribution in [0.1, 0.15) is 31.9 Å². The van der Waals surface area contributed by atoms with E-state index in [-0.39, 0.29) is 0 Å². The van der Waals surface area contributed by atoms with Crippen LogP contribution in [0.2, 0.25) is 0 Å². The molecule has 0 saturated carbocycles. The summed E-state index contributed by atoms with van der Waals surface area (Å²) < 4.78 is 31.7. The summed E-state index contributed by atoms with van der Waals surface area (Å²) in [4.78, 5) is 7.99. The number of allylic oxidation sites excluding steroid dienone is 1. The van der Waals surface area contributed by atoms with Gasteiger partial charge in [-0.25, -0.2) is 0 Å². The van der Waals surface area contributed by atoms with Crippen molar-refractivity contribution in [1.82, 2.24) is 0 Å². The number of halogens is 3. The number of ether oxygens (including phenoxy) is 1. The van der Waals surface area contributed by atoms with Crippen LogP contribution in [-0.4, -0.2) is 30.1 Å². The minimum atomic E-state index is -3.39. The Morgan fingerprint density at radius 3 is 2.57 bits per heavy atom. The van der Waals surface area contributed by atoms with Crippen LogP contribution >= 0.6 is 11.6 Å². The van der Waals surface area contributed by atoms with Gasteiger partial charge in [-0.05, 0) is 57.0 Å². The molecule has 0 heterocycles. The third kappa shape index (κ3) is 6.91. The van der Waals surface area contributed by atoms with Crippen molar-refractivity contribution in [3.05, 3.63) is 41.5 Å². The summed E-state index contributed by atoms with van der Waals surface area (Å²) in [5, 5.41) is -3.39. The zero-order valence-electron chi connectivity index (χ0n) is 13.7. The molecule has 1 aromatic carbocycles. The van der Waals surface area contributed by atoms with Gasteiger partial charge in [0.1, 0.15) is 11.8 Å². The maximum atomic E-state index is 13.0. The Morgan fingerprint density at radius 1 is 1.35 bits per heavy atom. The van der Waals surface area contributed by atoms with Crippen LogP contribution in [0.4, 0.5) is 8.78 Å². The van der Waals surface area contributed by atoms with Gasteiger partial charge in [-0.3, -0.25) is 9.98 Å². The van der Waals surface area contributed by atoms with Gasteiger partial charge in [0.2, 0.25) is 0 Å². The van der Waals surface area contributed by atoms with Gasteiger partial charge in [0.15, 0.2) is 6.23 Å². The molecule has 0 fully saturated rings. The molecule has 6 heteroatoms. The van der Waals surface area contributed by atoms with E-state index in [1.165, 1.54) is 13.1 Å². The molecular formula is C17H21ClF2N2O. The van der Waals surface area contributed by atoms with Gasteiger partial charge in [-0.15, -0.1) is 0 Å². The first kappa shape index (κ1) is 19.3. The van der Waals surface area contributed by atoms with Gasteiger partial charge in [-0.1, -0.05) is 18.2 Å². The molecule has 23 heavy (non-hydrogen) atoms. The van der Waals surface area contributed by atoms with Gasteiger partial charge in [0, 0.05) is 18.0 Å². The average Bonchev–Trinajstić information content (AvgIpc) is 2.43. The number of alkyl halides is 3. The van der Waals surface area contributed by atoms with Crippen LogP contribution < -0.4 is 4.74 Å². The number of hydrogen-bond donors (Lipinski definition) is 0. The minimum Gasteiger partial charge on any atom is -0.468 e. The Labute approximate surface area is 140 Å². The van der Waals surface area contributed by atoms with E-state index in [2.05, 4.69) is 16.6 Å². The van der Waals surface area contributed by atoms with Crippen molar-refractivity contribution < 1.29 is 13.5 Å². The highest BCUT2D eigenvalue weighted by atomic mass is 35.5. The van der Waals surface area contributed by atoms with E-state index in [9.17, 15) is 8.78 Å². The summed E-state index contributed by atoms with van der Waals surface area (Å²) in [5.74, 6) is 0.510. The van der Waals surface area contributed by atoms with Gasteiger partial charge < -0.3 is 4.74 Å². The summed E-state index contributed by atoms with van der Waals surface area (Å²) in [6.45, 7) is 10.5. The molecule has 0 amide bonds. The Bertz CT molecular complexity index is 609. The maximum absolute atomic E-state index is 13.0. The summed E-state index contributed by atoms with van der Waals surface area (Å²) in [7, 11) is 0. The van der Waals surface area contributed by atoms with Crippen molar-refractivity contribution >= 4 is 24.0 Å². The number of hydrogen-bond acceptors (Lipinski definition) is 3. The predicted molar refractivity (Wildman–Crippen MR) is 92.4 cm³/mol. The Morgan fingerprint density at radius 2 is 2.00 bits per heavy atom. The van der Waals surface area contributed by atoms with Crippen molar-refractivity contribution in [3.8, 4) is 5.75 Å². The minimum absolute atomic E-state index is 0.437. The number of nitrogens with zero attached hydrogens (tertiary/aromatic N) is 2. The number of aryl methyl sites for hydroxylation is 1. The molecule has 0 aromatic heterocycles. The number of aliphatic imine (C=N–C) groups is 2. The van der Waals surface area contributed by atoms with Crippen LogP contribution in [0.25, 0.3) is 0 Å². The lowest BCUT2D eigenvalue weighted by atomic mass is 10.1. The molecule has 1 rings (SSSR count). The monoisotopic (exact) mass is 342 g/mol. The van der Waals surface area contributed by atoms with Gasteiger partial charge in [0.05, 0.1) is 0 Å². The molecular weight excluding hydrogens is 322 g/mol. The van der Waals surface area contributed by atoms with Crippen LogP contribution in [0.3, 0.4) is 0 Å². The smallest absolute Gasteiger partial charge is 0.343 e. The summed E-state index contributed by atoms with van der Waals surface area (Å²) in [5.41, 5.74) is 2.36. The molecule has 2 unspecified atom stereocenters. The third-order valence-electron chi connectivity index (χ3n) is 2.88. The van der Waals surface area contributed by atoms with Crippen LogP contribution in [0.5, 0.6) is 5.75 Å². The molecule has 0 N–H and O–H groups in total. The van der Waals surface area contributed by atoms with Crippen LogP contribution in [0, 0.1) is 6.92 Å². The molecule has 126 valence electrons. The predicted octanol–water partition coefficient (Wildman–Crippen LogP) is 5.01. The number of benzene rings is 1. The van der Waals surface area contributed by atoms with Gasteiger partial charge >= 0.3 is 5.38 Å². The Kier molecular flexibility index (Phi) is 6.88. The standard InChI is InChI=1S/C17H21ClF2N2O/c1-11(2)9-22-14(5)23-16-7-6-12(3)8-15(16)10-21-13(4)17(18,19)20/h6-10,13-14H,1H2,2-5H3/b21-10?,22-9-. The van der Waals surface area contributed by atoms with E-state index in [0.29, 0.717) is 11.3 Å². The average molecular weight is 343 g/mol. The van der Waals surface area contributed by atoms with Crippen LogP contribution in [0.15, 0.2) is 40.3 Å². The molecule has 1 aromatic rings. The van der Waals surface area contributed by atoms with E-state index in [4.69, 9.17) is 16.3 Å². The molecule has 3 nitrogen and oxygen atoms in total. The second-order valence-electron chi connectivity index (χ2n) is 5.38. The first-order valence-electron chi connectivity index (χ1n) is 7.15. The fourth-order valence-corrected chi connectivity index (χ4v) is 1.66. The van der Waals surface area contributed by atoms with Crippen molar-refractivity contribution in [2.24, 2.45) is 9.98 Å². The van der Waals surface area contributed by atoms with Crippen molar-refractivity contribution in [2.45, 2.75) is 45.3 Å². The summed E-state index contributed by atoms with van der Waals surface area (Å²) in [6, 6.07) is 4.08. The maximum Gasteiger partial charge on any atom is 0.343 e. The molecule has 0 bridgehead atoms. The Hall–Kier alpha value is -1.75. The first-order chi connectivity index (χ1) is 10.6. The van der Waals surface area contributed by atoms with Gasteiger partial charge in [0.25, 0.3) is 0 Å². The second kappa shape index (κ2) is 8.20. The normalized spacial score (nSPS) is 15.1. The lowest BCUT2D eigenvalue weighted by Gasteiger charge is -2.15. The molecule has 0 aliphatic heterocycles. The van der Waals surface area contributed by atoms with E-state index in [0.717, 1.165) is 11.1 Å². The molecule has 0 spiro atoms. The van der Waals surface area contributed by atoms with E-state index < -0.39 is 17.7 Å². The highest BCUT2D eigenvalue weighted by Gasteiger charge is 2.32. The quantitative estimate of drug-likeness (QED) is 0.507. The van der Waals surface area contributed by atoms with Crippen molar-refractivity contribution in [1.29, 1.82) is 0 Å². The van der Waals surface area contributed by atoms with E-state index in [1.807, 2.05) is 19.9 Å². The fraction of sp³-hybridized carbons (Fsp3) is 0.412. The van der Waals surface area contributed by atoms with Crippen molar-refractivity contribution in [2.75, 3.05) is 0 Å². The number of rotatable bonds is 7. The molecule has 0 aliphatic rings. The Balaban J connectivity index is 2.97. The lowest BCUT2D eigenvalue weighted by molar-refractivity contribution is 0.0734. The SMILES string of the molecule is C=C(C)/C=N\C(C)Oc1ccc(C)cc1C=NC(C)C(F)(F)Cl. The summed E-state index contributed by atoms with van der Waals surface area (Å²) >= 11 is 4.97. The lowest BCUT2D eigenvalue weighted by Crippen LogP contribution is -2.22.